The van der Waals surface area contributed by atoms with Crippen LogP contribution in [0.15, 0.2) is 47.6 Å². The van der Waals surface area contributed by atoms with Gasteiger partial charge in [-0.1, -0.05) is 18.2 Å². The van der Waals surface area contributed by atoms with Gasteiger partial charge in [0.05, 0.1) is 5.69 Å². The lowest BCUT2D eigenvalue weighted by atomic mass is 10.0. The zero-order chi connectivity index (χ0) is 19.8. The van der Waals surface area contributed by atoms with Gasteiger partial charge in [0.25, 0.3) is 0 Å². The number of benzene rings is 1. The maximum Gasteiger partial charge on any atom is 0.191 e. The zero-order valence-electron chi connectivity index (χ0n) is 16.6. The monoisotopic (exact) mass is 515 g/mol. The first kappa shape index (κ1) is 23.5. The largest absolute Gasteiger partial charge is 0.356 e. The quantitative estimate of drug-likeness (QED) is 0.352. The van der Waals surface area contributed by atoms with E-state index in [1.54, 1.807) is 13.1 Å². The number of guanidine groups is 1. The Morgan fingerprint density at radius 1 is 1.17 bits per heavy atom. The van der Waals surface area contributed by atoms with E-state index in [1.807, 2.05) is 18.3 Å². The molecule has 5 nitrogen and oxygen atoms in total. The summed E-state index contributed by atoms with van der Waals surface area (Å²) in [6.45, 7) is 3.36. The summed E-state index contributed by atoms with van der Waals surface area (Å²) in [5.41, 5.74) is 1.46. The number of likely N-dealkylation sites (tertiary alicyclic amines) is 1. The minimum atomic E-state index is -0.808. The summed E-state index contributed by atoms with van der Waals surface area (Å²) in [7, 11) is 1.72. The van der Waals surface area contributed by atoms with E-state index in [0.29, 0.717) is 30.5 Å². The van der Waals surface area contributed by atoms with Crippen molar-refractivity contribution in [1.29, 1.82) is 0 Å². The topological polar surface area (TPSA) is 52.6 Å². The van der Waals surface area contributed by atoms with Crippen LogP contribution in [0.5, 0.6) is 0 Å². The minimum Gasteiger partial charge on any atom is -0.356 e. The lowest BCUT2D eigenvalue weighted by Gasteiger charge is -2.32. The molecule has 8 heteroatoms. The van der Waals surface area contributed by atoms with E-state index in [2.05, 4.69) is 31.6 Å². The molecular weight excluding hydrogens is 487 g/mol. The fraction of sp³-hybridized carbons (Fsp3) is 0.429. The van der Waals surface area contributed by atoms with E-state index < -0.39 is 11.6 Å². The Kier molecular flexibility index (Phi) is 9.72. The molecule has 3 rings (SSSR count). The van der Waals surface area contributed by atoms with Gasteiger partial charge >= 0.3 is 0 Å². The van der Waals surface area contributed by atoms with Crippen LogP contribution in [-0.4, -0.2) is 48.6 Å². The van der Waals surface area contributed by atoms with Crippen molar-refractivity contribution in [1.82, 2.24) is 20.5 Å². The normalized spacial score (nSPS) is 15.6. The standard InChI is InChI=1S/C21H27F2N5.HI/c1-24-21(26-12-8-16-5-4-7-19(22)20(16)23)27-17-9-13-28(14-10-17)15-18-6-2-3-11-25-18;/h2-7,11,17H,8-10,12-15H2,1H3,(H2,24,26,27);1H. The third-order valence-corrected chi connectivity index (χ3v) is 4.98. The molecule has 1 fully saturated rings. The molecule has 1 aliphatic rings. The molecular formula is C21H28F2IN5. The lowest BCUT2D eigenvalue weighted by Crippen LogP contribution is -2.48. The average Bonchev–Trinajstić information content (AvgIpc) is 2.72. The first-order valence-electron chi connectivity index (χ1n) is 9.68. The van der Waals surface area contributed by atoms with Gasteiger partial charge < -0.3 is 10.6 Å². The number of nitrogens with zero attached hydrogens (tertiary/aromatic N) is 3. The Bertz CT molecular complexity index is 780. The summed E-state index contributed by atoms with van der Waals surface area (Å²) >= 11 is 0. The van der Waals surface area contributed by atoms with Gasteiger partial charge in [-0.05, 0) is 43.0 Å². The van der Waals surface area contributed by atoms with Crippen LogP contribution >= 0.6 is 24.0 Å². The number of halogens is 3. The Labute approximate surface area is 188 Å². The van der Waals surface area contributed by atoms with E-state index in [1.165, 1.54) is 6.07 Å². The van der Waals surface area contributed by atoms with E-state index in [-0.39, 0.29) is 24.0 Å². The van der Waals surface area contributed by atoms with Crippen molar-refractivity contribution in [3.63, 3.8) is 0 Å². The summed E-state index contributed by atoms with van der Waals surface area (Å²) < 4.78 is 27.0. The van der Waals surface area contributed by atoms with Gasteiger partial charge in [0.1, 0.15) is 0 Å². The summed E-state index contributed by atoms with van der Waals surface area (Å²) in [5, 5.41) is 6.62. The SMILES string of the molecule is CN=C(NCCc1cccc(F)c1F)NC1CCN(Cc2ccccn2)CC1.I. The van der Waals surface area contributed by atoms with Crippen molar-refractivity contribution >= 4 is 29.9 Å². The highest BCUT2D eigenvalue weighted by Crippen LogP contribution is 2.13. The molecule has 0 spiro atoms. The van der Waals surface area contributed by atoms with E-state index >= 15 is 0 Å². The average molecular weight is 515 g/mol. The molecule has 2 N–H and O–H groups in total. The van der Waals surface area contributed by atoms with Gasteiger partial charge in [0.15, 0.2) is 17.6 Å². The molecule has 0 unspecified atom stereocenters. The van der Waals surface area contributed by atoms with Crippen molar-refractivity contribution in [2.75, 3.05) is 26.7 Å². The van der Waals surface area contributed by atoms with Crippen molar-refractivity contribution < 1.29 is 8.78 Å². The third-order valence-electron chi connectivity index (χ3n) is 4.98. The van der Waals surface area contributed by atoms with Crippen LogP contribution in [0.4, 0.5) is 8.78 Å². The molecule has 0 bridgehead atoms. The summed E-state index contributed by atoms with van der Waals surface area (Å²) in [5.74, 6) is -0.884. The summed E-state index contributed by atoms with van der Waals surface area (Å²) in [6.07, 6.45) is 4.26. The number of hydrogen-bond donors (Lipinski definition) is 2. The van der Waals surface area contributed by atoms with Gasteiger partial charge in [0, 0.05) is 45.5 Å². The first-order valence-corrected chi connectivity index (χ1v) is 9.68. The molecule has 0 atom stereocenters. The van der Waals surface area contributed by atoms with Crippen LogP contribution in [0.3, 0.4) is 0 Å². The van der Waals surface area contributed by atoms with Crippen molar-refractivity contribution in [2.45, 2.75) is 31.8 Å². The maximum atomic E-state index is 13.7. The van der Waals surface area contributed by atoms with Crippen LogP contribution in [0.1, 0.15) is 24.1 Å². The predicted molar refractivity (Wildman–Crippen MR) is 123 cm³/mol. The molecule has 1 saturated heterocycles. The van der Waals surface area contributed by atoms with Crippen LogP contribution < -0.4 is 10.6 Å². The molecule has 29 heavy (non-hydrogen) atoms. The van der Waals surface area contributed by atoms with Gasteiger partial charge in [-0.2, -0.15) is 0 Å². The number of aromatic nitrogens is 1. The van der Waals surface area contributed by atoms with Crippen LogP contribution in [0.25, 0.3) is 0 Å². The highest BCUT2D eigenvalue weighted by molar-refractivity contribution is 14.0. The van der Waals surface area contributed by atoms with E-state index in [4.69, 9.17) is 0 Å². The van der Waals surface area contributed by atoms with Crippen LogP contribution in [-0.2, 0) is 13.0 Å². The Balaban J connectivity index is 0.00000300. The zero-order valence-corrected chi connectivity index (χ0v) is 18.9. The highest BCUT2D eigenvalue weighted by Gasteiger charge is 2.20. The number of pyridine rings is 1. The highest BCUT2D eigenvalue weighted by atomic mass is 127. The molecule has 2 heterocycles. The number of nitrogens with one attached hydrogen (secondary N) is 2. The van der Waals surface area contributed by atoms with E-state index in [0.717, 1.165) is 44.2 Å². The number of rotatable bonds is 6. The first-order chi connectivity index (χ1) is 13.7. The molecule has 1 aliphatic heterocycles. The van der Waals surface area contributed by atoms with Gasteiger partial charge in [-0.15, -0.1) is 24.0 Å². The fourth-order valence-corrected chi connectivity index (χ4v) is 3.40. The lowest BCUT2D eigenvalue weighted by molar-refractivity contribution is 0.196. The second kappa shape index (κ2) is 12.0. The minimum absolute atomic E-state index is 0. The van der Waals surface area contributed by atoms with Crippen molar-refractivity contribution in [2.24, 2.45) is 4.99 Å². The van der Waals surface area contributed by atoms with E-state index in [9.17, 15) is 8.78 Å². The molecule has 0 amide bonds. The van der Waals surface area contributed by atoms with Crippen molar-refractivity contribution in [3.8, 4) is 0 Å². The molecule has 158 valence electrons. The number of piperidine rings is 1. The summed E-state index contributed by atoms with van der Waals surface area (Å²) in [6, 6.07) is 10.6. The molecule has 1 aromatic heterocycles. The molecule has 0 aliphatic carbocycles. The molecule has 0 radical (unpaired) electrons. The van der Waals surface area contributed by atoms with Crippen LogP contribution in [0.2, 0.25) is 0 Å². The smallest absolute Gasteiger partial charge is 0.191 e. The Hall–Kier alpha value is -1.81. The third kappa shape index (κ3) is 7.18. The molecule has 1 aromatic carbocycles. The van der Waals surface area contributed by atoms with Gasteiger partial charge in [-0.25, -0.2) is 8.78 Å². The summed E-state index contributed by atoms with van der Waals surface area (Å²) in [4.78, 5) is 11.0. The number of hydrogen-bond acceptors (Lipinski definition) is 3. The van der Waals surface area contributed by atoms with Crippen molar-refractivity contribution in [3.05, 3.63) is 65.5 Å². The molecule has 2 aromatic rings. The molecule has 0 saturated carbocycles. The van der Waals surface area contributed by atoms with Crippen LogP contribution in [0, 0.1) is 11.6 Å². The van der Waals surface area contributed by atoms with Gasteiger partial charge in [0.2, 0.25) is 0 Å². The Morgan fingerprint density at radius 3 is 2.66 bits per heavy atom. The predicted octanol–water partition coefficient (Wildman–Crippen LogP) is 3.35. The number of aliphatic imine (C=N–C) groups is 1. The second-order valence-electron chi connectivity index (χ2n) is 6.98. The maximum absolute atomic E-state index is 13.7. The fourth-order valence-electron chi connectivity index (χ4n) is 3.40. The Morgan fingerprint density at radius 2 is 1.97 bits per heavy atom. The second-order valence-corrected chi connectivity index (χ2v) is 6.98. The van der Waals surface area contributed by atoms with Gasteiger partial charge in [-0.3, -0.25) is 14.9 Å².